The summed E-state index contributed by atoms with van der Waals surface area (Å²) in [7, 11) is 0. The Balaban J connectivity index is 1.35. The molecule has 2 aliphatic heterocycles. The molecule has 10 heteroatoms. The van der Waals surface area contributed by atoms with Crippen molar-refractivity contribution in [3.63, 3.8) is 0 Å². The first kappa shape index (κ1) is 25.4. The number of aromatic nitrogens is 2. The normalized spacial score (nSPS) is 18.1. The van der Waals surface area contributed by atoms with Crippen molar-refractivity contribution >= 4 is 17.0 Å². The van der Waals surface area contributed by atoms with Crippen molar-refractivity contribution in [3.8, 4) is 5.75 Å². The molecule has 2 aromatic rings. The number of H-pyrrole nitrogens is 1. The molecule has 0 unspecified atom stereocenters. The molecule has 2 fully saturated rings. The molecule has 0 spiro atoms. The zero-order valence-corrected chi connectivity index (χ0v) is 20.6. The lowest BCUT2D eigenvalue weighted by molar-refractivity contribution is -0.0186. The average molecular weight is 492 g/mol. The van der Waals surface area contributed by atoms with Crippen molar-refractivity contribution < 1.29 is 28.1 Å². The van der Waals surface area contributed by atoms with Crippen LogP contribution in [0.2, 0.25) is 0 Å². The number of hydrogen-bond donors (Lipinski definition) is 1. The standard InChI is InChI=1S/C25H34FN3O6/c1-25(2,3)35-24(31)29-8-4-17(5-9-29)34-15-21-27-20-13-18(12-19(26)22(20)23(30)28-21)33-14-16-6-10-32-11-7-16/h12-13,16-17H,4-11,14-15H2,1-3H3,(H,27,28,30). The van der Waals surface area contributed by atoms with E-state index in [4.69, 9.17) is 18.9 Å². The first-order valence-electron chi connectivity index (χ1n) is 12.2. The van der Waals surface area contributed by atoms with E-state index in [1.165, 1.54) is 6.07 Å². The number of fused-ring (bicyclic) bond motifs is 1. The molecular weight excluding hydrogens is 457 g/mol. The Kier molecular flexibility index (Phi) is 7.91. The second kappa shape index (κ2) is 10.9. The van der Waals surface area contributed by atoms with Gasteiger partial charge in [0.2, 0.25) is 0 Å². The van der Waals surface area contributed by atoms with Crippen LogP contribution in [0.1, 0.15) is 52.3 Å². The Labute approximate surface area is 203 Å². The fourth-order valence-corrected chi connectivity index (χ4v) is 4.25. The molecule has 2 aliphatic rings. The van der Waals surface area contributed by atoms with Gasteiger partial charge in [-0.3, -0.25) is 4.79 Å². The van der Waals surface area contributed by atoms with E-state index >= 15 is 0 Å². The SMILES string of the molecule is CC(C)(C)OC(=O)N1CCC(OCc2nc3cc(OCC4CCOCC4)cc(F)c3c(=O)[nH]2)CC1. The topological polar surface area (TPSA) is 103 Å². The summed E-state index contributed by atoms with van der Waals surface area (Å²) in [5.74, 6) is 0.361. The first-order chi connectivity index (χ1) is 16.7. The molecule has 1 amide bonds. The van der Waals surface area contributed by atoms with Gasteiger partial charge >= 0.3 is 6.09 Å². The van der Waals surface area contributed by atoms with Gasteiger partial charge in [0.1, 0.15) is 35.0 Å². The third-order valence-electron chi connectivity index (χ3n) is 6.16. The van der Waals surface area contributed by atoms with Gasteiger partial charge in [0.05, 0.1) is 18.2 Å². The van der Waals surface area contributed by atoms with E-state index in [9.17, 15) is 14.0 Å². The highest BCUT2D eigenvalue weighted by atomic mass is 19.1. The highest BCUT2D eigenvalue weighted by molar-refractivity contribution is 5.79. The Morgan fingerprint density at radius 3 is 2.60 bits per heavy atom. The monoisotopic (exact) mass is 491 g/mol. The van der Waals surface area contributed by atoms with Gasteiger partial charge in [-0.25, -0.2) is 14.2 Å². The summed E-state index contributed by atoms with van der Waals surface area (Å²) in [5, 5.41) is -0.0992. The number of halogens is 1. The highest BCUT2D eigenvalue weighted by Crippen LogP contribution is 2.24. The maximum atomic E-state index is 14.7. The van der Waals surface area contributed by atoms with Crippen LogP contribution < -0.4 is 10.3 Å². The summed E-state index contributed by atoms with van der Waals surface area (Å²) in [6.07, 6.45) is 2.71. The predicted octanol–water partition coefficient (Wildman–Crippen LogP) is 3.78. The fraction of sp³-hybridized carbons (Fsp3) is 0.640. The lowest BCUT2D eigenvalue weighted by Crippen LogP contribution is -2.43. The smallest absolute Gasteiger partial charge is 0.410 e. The Bertz CT molecular complexity index is 1090. The number of aromatic amines is 1. The van der Waals surface area contributed by atoms with Gasteiger partial charge in [-0.05, 0) is 52.4 Å². The van der Waals surface area contributed by atoms with E-state index in [1.54, 1.807) is 11.0 Å². The van der Waals surface area contributed by atoms with Crippen molar-refractivity contribution in [1.82, 2.24) is 14.9 Å². The zero-order chi connectivity index (χ0) is 25.0. The van der Waals surface area contributed by atoms with Gasteiger partial charge in [0.25, 0.3) is 5.56 Å². The lowest BCUT2D eigenvalue weighted by Gasteiger charge is -2.33. The summed E-state index contributed by atoms with van der Waals surface area (Å²) in [5.41, 5.74) is -0.858. The molecule has 1 aromatic heterocycles. The molecule has 9 nitrogen and oxygen atoms in total. The van der Waals surface area contributed by atoms with Crippen LogP contribution >= 0.6 is 0 Å². The second-order valence-corrected chi connectivity index (χ2v) is 10.2. The van der Waals surface area contributed by atoms with Crippen LogP contribution in [0.5, 0.6) is 5.75 Å². The van der Waals surface area contributed by atoms with Gasteiger partial charge in [-0.1, -0.05) is 0 Å². The lowest BCUT2D eigenvalue weighted by atomic mass is 10.0. The molecular formula is C25H34FN3O6. The molecule has 0 aliphatic carbocycles. The van der Waals surface area contributed by atoms with Crippen LogP contribution in [0.3, 0.4) is 0 Å². The minimum Gasteiger partial charge on any atom is -0.493 e. The Morgan fingerprint density at radius 1 is 1.20 bits per heavy atom. The number of hydrogen-bond acceptors (Lipinski definition) is 7. The largest absolute Gasteiger partial charge is 0.493 e. The third kappa shape index (κ3) is 6.91. The molecule has 3 heterocycles. The maximum absolute atomic E-state index is 14.7. The van der Waals surface area contributed by atoms with Crippen LogP contribution in [-0.4, -0.2) is 65.6 Å². The summed E-state index contributed by atoms with van der Waals surface area (Å²) in [6.45, 7) is 8.54. The van der Waals surface area contributed by atoms with Crippen molar-refractivity contribution in [1.29, 1.82) is 0 Å². The Hall–Kier alpha value is -2.72. The van der Waals surface area contributed by atoms with Crippen LogP contribution in [0.25, 0.3) is 10.9 Å². The predicted molar refractivity (Wildman–Crippen MR) is 127 cm³/mol. The zero-order valence-electron chi connectivity index (χ0n) is 20.6. The number of ether oxygens (including phenoxy) is 4. The number of carbonyl (C=O) groups excluding carboxylic acids is 1. The van der Waals surface area contributed by atoms with E-state index < -0.39 is 17.0 Å². The van der Waals surface area contributed by atoms with Crippen LogP contribution in [0.4, 0.5) is 9.18 Å². The van der Waals surface area contributed by atoms with Gasteiger partial charge < -0.3 is 28.8 Å². The second-order valence-electron chi connectivity index (χ2n) is 10.2. The van der Waals surface area contributed by atoms with E-state index in [2.05, 4.69) is 9.97 Å². The van der Waals surface area contributed by atoms with Gasteiger partial charge in [-0.2, -0.15) is 0 Å². The highest BCUT2D eigenvalue weighted by Gasteiger charge is 2.27. The van der Waals surface area contributed by atoms with Gasteiger partial charge in [0.15, 0.2) is 0 Å². The van der Waals surface area contributed by atoms with Crippen molar-refractivity contribution in [2.45, 2.75) is 64.8 Å². The van der Waals surface area contributed by atoms with Crippen molar-refractivity contribution in [2.75, 3.05) is 32.9 Å². The molecule has 1 aromatic carbocycles. The quantitative estimate of drug-likeness (QED) is 0.656. The molecule has 0 radical (unpaired) electrons. The number of benzene rings is 1. The third-order valence-corrected chi connectivity index (χ3v) is 6.16. The summed E-state index contributed by atoms with van der Waals surface area (Å²) in [6, 6.07) is 2.82. The first-order valence-corrected chi connectivity index (χ1v) is 12.2. The molecule has 2 saturated heterocycles. The van der Waals surface area contributed by atoms with Crippen molar-refractivity contribution in [2.24, 2.45) is 5.92 Å². The molecule has 0 bridgehead atoms. The number of piperidine rings is 1. The summed E-state index contributed by atoms with van der Waals surface area (Å²) < 4.78 is 37.2. The number of likely N-dealkylation sites (tertiary alicyclic amines) is 1. The average Bonchev–Trinajstić information content (AvgIpc) is 2.81. The van der Waals surface area contributed by atoms with E-state index in [0.717, 1.165) is 12.8 Å². The number of nitrogens with one attached hydrogen (secondary N) is 1. The number of carbonyl (C=O) groups is 1. The molecule has 4 rings (SSSR count). The number of nitrogens with zero attached hydrogens (tertiary/aromatic N) is 2. The van der Waals surface area contributed by atoms with Gasteiger partial charge in [-0.15, -0.1) is 0 Å². The molecule has 192 valence electrons. The van der Waals surface area contributed by atoms with Crippen LogP contribution in [0, 0.1) is 11.7 Å². The molecule has 35 heavy (non-hydrogen) atoms. The van der Waals surface area contributed by atoms with Crippen LogP contribution in [-0.2, 0) is 20.8 Å². The molecule has 1 N–H and O–H groups in total. The van der Waals surface area contributed by atoms with E-state index in [-0.39, 0.29) is 29.7 Å². The number of rotatable bonds is 6. The maximum Gasteiger partial charge on any atom is 0.410 e. The molecule has 0 saturated carbocycles. The number of amides is 1. The van der Waals surface area contributed by atoms with E-state index in [1.807, 2.05) is 20.8 Å². The Morgan fingerprint density at radius 2 is 1.91 bits per heavy atom. The van der Waals surface area contributed by atoms with Crippen molar-refractivity contribution in [3.05, 3.63) is 34.1 Å². The van der Waals surface area contributed by atoms with E-state index in [0.29, 0.717) is 63.2 Å². The summed E-state index contributed by atoms with van der Waals surface area (Å²) >= 11 is 0. The summed E-state index contributed by atoms with van der Waals surface area (Å²) in [4.78, 5) is 33.4. The minimum atomic E-state index is -0.666. The minimum absolute atomic E-state index is 0.0804. The molecule has 0 atom stereocenters. The fourth-order valence-electron chi connectivity index (χ4n) is 4.25. The van der Waals surface area contributed by atoms with Crippen LogP contribution in [0.15, 0.2) is 16.9 Å². The van der Waals surface area contributed by atoms with Gasteiger partial charge in [0, 0.05) is 38.4 Å².